The molecule has 1 heterocycles. The Morgan fingerprint density at radius 2 is 1.81 bits per heavy atom. The van der Waals surface area contributed by atoms with Crippen molar-refractivity contribution in [3.8, 4) is 0 Å². The van der Waals surface area contributed by atoms with Gasteiger partial charge in [-0.15, -0.1) is 0 Å². The first-order valence-corrected chi connectivity index (χ1v) is 5.80. The molecule has 1 aromatic rings. The summed E-state index contributed by atoms with van der Waals surface area (Å²) in [6.07, 6.45) is 0. The van der Waals surface area contributed by atoms with Gasteiger partial charge in [-0.25, -0.2) is 9.97 Å². The van der Waals surface area contributed by atoms with Crippen LogP contribution in [0.5, 0.6) is 0 Å². The predicted octanol–water partition coefficient (Wildman–Crippen LogP) is 2.53. The van der Waals surface area contributed by atoms with E-state index in [1.165, 1.54) is 0 Å². The topological polar surface area (TPSA) is 49.8 Å². The number of hydrogen-bond acceptors (Lipinski definition) is 4. The number of nitrogens with one attached hydrogen (secondary N) is 2. The van der Waals surface area contributed by atoms with Gasteiger partial charge in [-0.1, -0.05) is 20.8 Å². The maximum Gasteiger partial charge on any atom is 0.131 e. The first kappa shape index (κ1) is 12.7. The lowest BCUT2D eigenvalue weighted by molar-refractivity contribution is 0.439. The molecule has 0 bridgehead atoms. The molecule has 0 amide bonds. The van der Waals surface area contributed by atoms with E-state index in [0.717, 1.165) is 24.0 Å². The SMILES string of the molecule is CNc1cc(NCC(C)C(C)C)nc(C)n1. The number of nitrogens with zero attached hydrogens (tertiary/aromatic N) is 2. The molecule has 1 unspecified atom stereocenters. The van der Waals surface area contributed by atoms with Crippen LogP contribution in [0.4, 0.5) is 11.6 Å². The van der Waals surface area contributed by atoms with Gasteiger partial charge < -0.3 is 10.6 Å². The lowest BCUT2D eigenvalue weighted by Gasteiger charge is -2.16. The summed E-state index contributed by atoms with van der Waals surface area (Å²) < 4.78 is 0. The normalized spacial score (nSPS) is 12.6. The van der Waals surface area contributed by atoms with Crippen molar-refractivity contribution >= 4 is 11.6 Å². The monoisotopic (exact) mass is 222 g/mol. The zero-order valence-corrected chi connectivity index (χ0v) is 10.8. The first-order valence-electron chi connectivity index (χ1n) is 5.80. The van der Waals surface area contributed by atoms with Crippen LogP contribution in [0.1, 0.15) is 26.6 Å². The Morgan fingerprint density at radius 1 is 1.19 bits per heavy atom. The van der Waals surface area contributed by atoms with Gasteiger partial charge in [0, 0.05) is 19.7 Å². The Hall–Kier alpha value is -1.32. The van der Waals surface area contributed by atoms with E-state index in [9.17, 15) is 0 Å². The number of anilines is 2. The van der Waals surface area contributed by atoms with Crippen LogP contribution in [0.15, 0.2) is 6.07 Å². The number of aryl methyl sites for hydroxylation is 1. The number of hydrogen-bond donors (Lipinski definition) is 2. The molecule has 0 saturated heterocycles. The van der Waals surface area contributed by atoms with Crippen molar-refractivity contribution in [2.75, 3.05) is 24.2 Å². The molecular weight excluding hydrogens is 200 g/mol. The highest BCUT2D eigenvalue weighted by atomic mass is 15.1. The van der Waals surface area contributed by atoms with Crippen LogP contribution in [0.3, 0.4) is 0 Å². The van der Waals surface area contributed by atoms with E-state index in [-0.39, 0.29) is 0 Å². The second kappa shape index (κ2) is 5.68. The summed E-state index contributed by atoms with van der Waals surface area (Å²) in [5.74, 6) is 3.84. The summed E-state index contributed by atoms with van der Waals surface area (Å²) in [5, 5.41) is 6.38. The van der Waals surface area contributed by atoms with Crippen molar-refractivity contribution in [1.29, 1.82) is 0 Å². The fraction of sp³-hybridized carbons (Fsp3) is 0.667. The molecule has 1 atom stereocenters. The molecule has 2 N–H and O–H groups in total. The lowest BCUT2D eigenvalue weighted by Crippen LogP contribution is -2.17. The molecule has 0 aromatic carbocycles. The van der Waals surface area contributed by atoms with E-state index < -0.39 is 0 Å². The smallest absolute Gasteiger partial charge is 0.131 e. The van der Waals surface area contributed by atoms with Gasteiger partial charge in [0.05, 0.1) is 0 Å². The van der Waals surface area contributed by atoms with Crippen molar-refractivity contribution in [1.82, 2.24) is 9.97 Å². The molecule has 16 heavy (non-hydrogen) atoms. The molecule has 4 nitrogen and oxygen atoms in total. The van der Waals surface area contributed by atoms with E-state index >= 15 is 0 Å². The average Bonchev–Trinajstić information content (AvgIpc) is 2.24. The third kappa shape index (κ3) is 3.68. The number of aromatic nitrogens is 2. The van der Waals surface area contributed by atoms with Crippen LogP contribution < -0.4 is 10.6 Å². The fourth-order valence-corrected chi connectivity index (χ4v) is 1.29. The summed E-state index contributed by atoms with van der Waals surface area (Å²) in [6.45, 7) is 9.55. The average molecular weight is 222 g/mol. The quantitative estimate of drug-likeness (QED) is 0.803. The standard InChI is InChI=1S/C12H22N4/c1-8(2)9(3)7-14-12-6-11(13-5)15-10(4)16-12/h6,8-9H,7H2,1-5H3,(H2,13,14,15,16). The minimum Gasteiger partial charge on any atom is -0.373 e. The van der Waals surface area contributed by atoms with Crippen LogP contribution in [-0.4, -0.2) is 23.6 Å². The van der Waals surface area contributed by atoms with Gasteiger partial charge in [-0.05, 0) is 18.8 Å². The van der Waals surface area contributed by atoms with Crippen LogP contribution in [0, 0.1) is 18.8 Å². The second-order valence-electron chi connectivity index (χ2n) is 4.54. The Balaban J connectivity index is 2.63. The first-order chi connectivity index (χ1) is 7.52. The highest BCUT2D eigenvalue weighted by Crippen LogP contribution is 2.13. The Kier molecular flexibility index (Phi) is 4.52. The van der Waals surface area contributed by atoms with Crippen LogP contribution >= 0.6 is 0 Å². The van der Waals surface area contributed by atoms with Gasteiger partial charge in [0.1, 0.15) is 17.5 Å². The van der Waals surface area contributed by atoms with Crippen molar-refractivity contribution in [3.05, 3.63) is 11.9 Å². The second-order valence-corrected chi connectivity index (χ2v) is 4.54. The highest BCUT2D eigenvalue weighted by molar-refractivity contribution is 5.47. The molecule has 0 aliphatic carbocycles. The van der Waals surface area contributed by atoms with Gasteiger partial charge in [0.2, 0.25) is 0 Å². The van der Waals surface area contributed by atoms with Gasteiger partial charge in [0.15, 0.2) is 0 Å². The molecule has 0 aliphatic heterocycles. The molecule has 90 valence electrons. The Labute approximate surface area is 97.9 Å². The molecule has 4 heteroatoms. The van der Waals surface area contributed by atoms with Crippen molar-refractivity contribution < 1.29 is 0 Å². The minimum atomic E-state index is 0.633. The van der Waals surface area contributed by atoms with Crippen LogP contribution in [0.25, 0.3) is 0 Å². The Morgan fingerprint density at radius 3 is 2.38 bits per heavy atom. The number of rotatable bonds is 5. The molecule has 1 aromatic heterocycles. The van der Waals surface area contributed by atoms with E-state index in [0.29, 0.717) is 11.8 Å². The molecule has 0 radical (unpaired) electrons. The zero-order valence-electron chi connectivity index (χ0n) is 10.8. The lowest BCUT2D eigenvalue weighted by atomic mass is 9.98. The minimum absolute atomic E-state index is 0.633. The van der Waals surface area contributed by atoms with E-state index in [2.05, 4.69) is 41.4 Å². The molecule has 0 fully saturated rings. The van der Waals surface area contributed by atoms with Crippen LogP contribution in [0.2, 0.25) is 0 Å². The molecular formula is C12H22N4. The summed E-state index contributed by atoms with van der Waals surface area (Å²) in [7, 11) is 1.86. The van der Waals surface area contributed by atoms with E-state index in [1.54, 1.807) is 0 Å². The summed E-state index contributed by atoms with van der Waals surface area (Å²) >= 11 is 0. The molecule has 0 saturated carbocycles. The highest BCUT2D eigenvalue weighted by Gasteiger charge is 2.07. The zero-order chi connectivity index (χ0) is 12.1. The summed E-state index contributed by atoms with van der Waals surface area (Å²) in [6, 6.07) is 1.93. The largest absolute Gasteiger partial charge is 0.373 e. The van der Waals surface area contributed by atoms with Gasteiger partial charge >= 0.3 is 0 Å². The molecule has 0 spiro atoms. The maximum atomic E-state index is 4.35. The molecule has 1 rings (SSSR count). The third-order valence-electron chi connectivity index (χ3n) is 2.84. The summed E-state index contributed by atoms with van der Waals surface area (Å²) in [5.41, 5.74) is 0. The maximum absolute atomic E-state index is 4.35. The van der Waals surface area contributed by atoms with E-state index in [1.807, 2.05) is 20.0 Å². The van der Waals surface area contributed by atoms with Crippen molar-refractivity contribution in [2.45, 2.75) is 27.7 Å². The predicted molar refractivity (Wildman–Crippen MR) is 68.8 cm³/mol. The van der Waals surface area contributed by atoms with Crippen molar-refractivity contribution in [3.63, 3.8) is 0 Å². The molecule has 0 aliphatic rings. The van der Waals surface area contributed by atoms with Crippen LogP contribution in [-0.2, 0) is 0 Å². The Bertz CT molecular complexity index is 336. The summed E-state index contributed by atoms with van der Waals surface area (Å²) in [4.78, 5) is 8.60. The third-order valence-corrected chi connectivity index (χ3v) is 2.84. The fourth-order valence-electron chi connectivity index (χ4n) is 1.29. The van der Waals surface area contributed by atoms with Crippen molar-refractivity contribution in [2.24, 2.45) is 11.8 Å². The van der Waals surface area contributed by atoms with Gasteiger partial charge in [-0.2, -0.15) is 0 Å². The van der Waals surface area contributed by atoms with Gasteiger partial charge in [-0.3, -0.25) is 0 Å². The van der Waals surface area contributed by atoms with E-state index in [4.69, 9.17) is 0 Å². The van der Waals surface area contributed by atoms with Gasteiger partial charge in [0.25, 0.3) is 0 Å².